The summed E-state index contributed by atoms with van der Waals surface area (Å²) in [6, 6.07) is 16.3. The molecule has 2 heterocycles. The van der Waals surface area contributed by atoms with Crippen LogP contribution >= 0.6 is 0 Å². The largest absolute Gasteiger partial charge is 0.338 e. The number of hydrogen-bond acceptors (Lipinski definition) is 2. The van der Waals surface area contributed by atoms with Gasteiger partial charge in [-0.3, -0.25) is 4.79 Å². The van der Waals surface area contributed by atoms with Crippen LogP contribution in [0.3, 0.4) is 0 Å². The summed E-state index contributed by atoms with van der Waals surface area (Å²) in [7, 11) is 0. The van der Waals surface area contributed by atoms with Crippen LogP contribution in [0.2, 0.25) is 0 Å². The van der Waals surface area contributed by atoms with Gasteiger partial charge in [0.15, 0.2) is 0 Å². The van der Waals surface area contributed by atoms with Crippen LogP contribution < -0.4 is 0 Å². The van der Waals surface area contributed by atoms with Crippen LogP contribution in [-0.2, 0) is 0 Å². The zero-order chi connectivity index (χ0) is 19.8. The van der Waals surface area contributed by atoms with Crippen molar-refractivity contribution in [1.29, 1.82) is 0 Å². The maximum absolute atomic E-state index is 13.5. The standard InChI is InChI=1S/C25H28N2O/c1-16-11-17(2)15-27(14-16)25(28)22-13-24(20-10-9-18(3)19(4)12-20)26-23-8-6-5-7-21(22)23/h5-10,12-13,16-17H,11,14-15H2,1-4H3. The molecule has 0 N–H and O–H groups in total. The molecule has 3 aromatic rings. The molecule has 3 nitrogen and oxygen atoms in total. The van der Waals surface area contributed by atoms with Crippen molar-refractivity contribution < 1.29 is 4.79 Å². The Bertz CT molecular complexity index is 1030. The molecule has 1 aromatic heterocycles. The van der Waals surface area contributed by atoms with Gasteiger partial charge in [0.1, 0.15) is 0 Å². The minimum absolute atomic E-state index is 0.127. The Balaban J connectivity index is 1.82. The third-order valence-corrected chi connectivity index (χ3v) is 5.91. The van der Waals surface area contributed by atoms with E-state index < -0.39 is 0 Å². The molecule has 2 unspecified atom stereocenters. The van der Waals surface area contributed by atoms with Crippen LogP contribution in [0.1, 0.15) is 41.8 Å². The fourth-order valence-corrected chi connectivity index (χ4v) is 4.40. The SMILES string of the molecule is Cc1ccc(-c2cc(C(=O)N3CC(C)CC(C)C3)c3ccccc3n2)cc1C. The summed E-state index contributed by atoms with van der Waals surface area (Å²) in [5.74, 6) is 1.21. The second-order valence-corrected chi connectivity index (χ2v) is 8.53. The lowest BCUT2D eigenvalue weighted by Gasteiger charge is -2.35. The number of hydrogen-bond donors (Lipinski definition) is 0. The lowest BCUT2D eigenvalue weighted by molar-refractivity contribution is 0.0625. The molecule has 1 amide bonds. The van der Waals surface area contributed by atoms with E-state index in [0.29, 0.717) is 11.8 Å². The lowest BCUT2D eigenvalue weighted by atomic mass is 9.91. The molecule has 1 saturated heterocycles. The number of aromatic nitrogens is 1. The molecule has 0 spiro atoms. The number of benzene rings is 2. The van der Waals surface area contributed by atoms with E-state index in [4.69, 9.17) is 4.98 Å². The van der Waals surface area contributed by atoms with Crippen LogP contribution in [-0.4, -0.2) is 28.9 Å². The quantitative estimate of drug-likeness (QED) is 0.583. The van der Waals surface area contributed by atoms with E-state index in [1.54, 1.807) is 0 Å². The monoisotopic (exact) mass is 372 g/mol. The molecule has 2 atom stereocenters. The summed E-state index contributed by atoms with van der Waals surface area (Å²) < 4.78 is 0. The molecule has 1 fully saturated rings. The van der Waals surface area contributed by atoms with E-state index in [1.165, 1.54) is 17.5 Å². The van der Waals surface area contributed by atoms with Crippen LogP contribution in [0.15, 0.2) is 48.5 Å². The number of pyridine rings is 1. The first-order chi connectivity index (χ1) is 13.4. The van der Waals surface area contributed by atoms with Gasteiger partial charge in [-0.15, -0.1) is 0 Å². The number of amides is 1. The summed E-state index contributed by atoms with van der Waals surface area (Å²) in [5.41, 5.74) is 6.06. The van der Waals surface area contributed by atoms with Crippen molar-refractivity contribution in [3.8, 4) is 11.3 Å². The fourth-order valence-electron chi connectivity index (χ4n) is 4.40. The average molecular weight is 373 g/mol. The first kappa shape index (κ1) is 18.7. The summed E-state index contributed by atoms with van der Waals surface area (Å²) in [5, 5.41) is 0.936. The van der Waals surface area contributed by atoms with Gasteiger partial charge in [0.25, 0.3) is 5.91 Å². The number of para-hydroxylation sites is 1. The zero-order valence-corrected chi connectivity index (χ0v) is 17.2. The first-order valence-corrected chi connectivity index (χ1v) is 10.2. The van der Waals surface area contributed by atoms with Crippen LogP contribution in [0, 0.1) is 25.7 Å². The first-order valence-electron chi connectivity index (χ1n) is 10.2. The maximum atomic E-state index is 13.5. The van der Waals surface area contributed by atoms with Crippen molar-refractivity contribution in [2.75, 3.05) is 13.1 Å². The number of aryl methyl sites for hydroxylation is 2. The highest BCUT2D eigenvalue weighted by molar-refractivity contribution is 6.07. The van der Waals surface area contributed by atoms with Gasteiger partial charge in [-0.25, -0.2) is 4.98 Å². The molecule has 1 aliphatic heterocycles. The molecule has 1 aliphatic rings. The molecule has 3 heteroatoms. The van der Waals surface area contributed by atoms with Crippen LogP contribution in [0.5, 0.6) is 0 Å². The topological polar surface area (TPSA) is 33.2 Å². The Morgan fingerprint density at radius 3 is 2.39 bits per heavy atom. The smallest absolute Gasteiger partial charge is 0.254 e. The van der Waals surface area contributed by atoms with Gasteiger partial charge in [-0.2, -0.15) is 0 Å². The number of piperidine rings is 1. The maximum Gasteiger partial charge on any atom is 0.254 e. The number of likely N-dealkylation sites (tertiary alicyclic amines) is 1. The van der Waals surface area contributed by atoms with Crippen molar-refractivity contribution in [2.45, 2.75) is 34.1 Å². The predicted octanol–water partition coefficient (Wildman–Crippen LogP) is 5.64. The summed E-state index contributed by atoms with van der Waals surface area (Å²) >= 11 is 0. The Morgan fingerprint density at radius 1 is 0.964 bits per heavy atom. The molecule has 0 saturated carbocycles. The van der Waals surface area contributed by atoms with Crippen LogP contribution in [0.4, 0.5) is 0 Å². The molecule has 0 radical (unpaired) electrons. The van der Waals surface area contributed by atoms with E-state index in [1.807, 2.05) is 35.2 Å². The van der Waals surface area contributed by atoms with Crippen molar-refractivity contribution in [2.24, 2.45) is 11.8 Å². The Kier molecular flexibility index (Phi) is 4.92. The summed E-state index contributed by atoms with van der Waals surface area (Å²) in [6.07, 6.45) is 1.19. The number of rotatable bonds is 2. The number of carbonyl (C=O) groups excluding carboxylic acids is 1. The van der Waals surface area contributed by atoms with E-state index >= 15 is 0 Å². The van der Waals surface area contributed by atoms with E-state index in [2.05, 4.69) is 45.9 Å². The molecule has 144 valence electrons. The highest BCUT2D eigenvalue weighted by Gasteiger charge is 2.27. The van der Waals surface area contributed by atoms with Gasteiger partial charge in [0.2, 0.25) is 0 Å². The zero-order valence-electron chi connectivity index (χ0n) is 17.2. The molecular weight excluding hydrogens is 344 g/mol. The average Bonchev–Trinajstić information content (AvgIpc) is 2.68. The van der Waals surface area contributed by atoms with Crippen molar-refractivity contribution in [3.05, 3.63) is 65.2 Å². The van der Waals surface area contributed by atoms with Gasteiger partial charge in [0.05, 0.1) is 16.8 Å². The van der Waals surface area contributed by atoms with Gasteiger partial charge in [-0.05, 0) is 61.4 Å². The summed E-state index contributed by atoms with van der Waals surface area (Å²) in [4.78, 5) is 20.4. The molecule has 28 heavy (non-hydrogen) atoms. The second-order valence-electron chi connectivity index (χ2n) is 8.53. The van der Waals surface area contributed by atoms with E-state index in [-0.39, 0.29) is 5.91 Å². The Hall–Kier alpha value is -2.68. The van der Waals surface area contributed by atoms with Crippen molar-refractivity contribution in [1.82, 2.24) is 9.88 Å². The molecule has 4 rings (SSSR count). The third kappa shape index (κ3) is 3.54. The third-order valence-electron chi connectivity index (χ3n) is 5.91. The van der Waals surface area contributed by atoms with Gasteiger partial charge >= 0.3 is 0 Å². The van der Waals surface area contributed by atoms with E-state index in [9.17, 15) is 4.79 Å². The Labute approximate surface area is 167 Å². The number of nitrogens with zero attached hydrogens (tertiary/aromatic N) is 2. The minimum Gasteiger partial charge on any atom is -0.338 e. The number of carbonyl (C=O) groups is 1. The van der Waals surface area contributed by atoms with Gasteiger partial charge in [0, 0.05) is 24.0 Å². The highest BCUT2D eigenvalue weighted by Crippen LogP contribution is 2.29. The molecule has 0 aliphatic carbocycles. The van der Waals surface area contributed by atoms with Gasteiger partial charge in [-0.1, -0.05) is 44.2 Å². The second kappa shape index (κ2) is 7.38. The normalized spacial score (nSPS) is 19.8. The molecule has 2 aromatic carbocycles. The van der Waals surface area contributed by atoms with Crippen molar-refractivity contribution in [3.63, 3.8) is 0 Å². The van der Waals surface area contributed by atoms with Gasteiger partial charge < -0.3 is 4.90 Å². The molecule has 0 bridgehead atoms. The fraction of sp³-hybridized carbons (Fsp3) is 0.360. The minimum atomic E-state index is 0.127. The van der Waals surface area contributed by atoms with E-state index in [0.717, 1.165) is 40.8 Å². The lowest BCUT2D eigenvalue weighted by Crippen LogP contribution is -2.42. The summed E-state index contributed by atoms with van der Waals surface area (Å²) in [6.45, 7) is 10.4. The van der Waals surface area contributed by atoms with Crippen LogP contribution in [0.25, 0.3) is 22.2 Å². The van der Waals surface area contributed by atoms with Crippen molar-refractivity contribution >= 4 is 16.8 Å². The molecular formula is C25H28N2O. The number of fused-ring (bicyclic) bond motifs is 1. The highest BCUT2D eigenvalue weighted by atomic mass is 16.2. The predicted molar refractivity (Wildman–Crippen MR) is 116 cm³/mol. The Morgan fingerprint density at radius 2 is 1.68 bits per heavy atom.